The fraction of sp³-hybridized carbons (Fsp3) is 0.476. The SMILES string of the molecule is CCNC(=NCC(C)(O)c1cccs1)NCC(c1ccccc1OC)N(C)C.I. The average Bonchev–Trinajstić information content (AvgIpc) is 3.22. The van der Waals surface area contributed by atoms with Crippen LogP contribution in [0.2, 0.25) is 0 Å². The Labute approximate surface area is 195 Å². The van der Waals surface area contributed by atoms with E-state index in [9.17, 15) is 5.11 Å². The van der Waals surface area contributed by atoms with Crippen molar-refractivity contribution in [3.63, 3.8) is 0 Å². The maximum atomic E-state index is 10.7. The third-order valence-electron chi connectivity index (χ3n) is 4.53. The third-order valence-corrected chi connectivity index (χ3v) is 5.65. The minimum Gasteiger partial charge on any atom is -0.496 e. The van der Waals surface area contributed by atoms with Crippen molar-refractivity contribution in [2.24, 2.45) is 4.99 Å². The molecule has 0 saturated heterocycles. The lowest BCUT2D eigenvalue weighted by Gasteiger charge is -2.27. The number of methoxy groups -OCH3 is 1. The van der Waals surface area contributed by atoms with Crippen molar-refractivity contribution in [2.45, 2.75) is 25.5 Å². The number of halogens is 1. The van der Waals surface area contributed by atoms with Gasteiger partial charge in [0, 0.05) is 23.5 Å². The molecule has 1 aromatic heterocycles. The van der Waals surface area contributed by atoms with Gasteiger partial charge in [0.2, 0.25) is 0 Å². The van der Waals surface area contributed by atoms with Crippen LogP contribution in [0.3, 0.4) is 0 Å². The quantitative estimate of drug-likeness (QED) is 0.262. The van der Waals surface area contributed by atoms with Gasteiger partial charge in [-0.2, -0.15) is 0 Å². The van der Waals surface area contributed by atoms with Crippen molar-refractivity contribution in [1.29, 1.82) is 0 Å². The zero-order chi connectivity index (χ0) is 20.6. The minimum absolute atomic E-state index is 0. The highest BCUT2D eigenvalue weighted by molar-refractivity contribution is 14.0. The molecule has 1 aromatic carbocycles. The number of hydrogen-bond acceptors (Lipinski definition) is 5. The van der Waals surface area contributed by atoms with E-state index in [0.29, 0.717) is 12.5 Å². The number of para-hydroxylation sites is 1. The van der Waals surface area contributed by atoms with E-state index >= 15 is 0 Å². The molecule has 3 N–H and O–H groups in total. The summed E-state index contributed by atoms with van der Waals surface area (Å²) in [6.45, 7) is 5.50. The first kappa shape index (κ1) is 25.7. The molecule has 0 aliphatic heterocycles. The number of benzene rings is 1. The van der Waals surface area contributed by atoms with Crippen LogP contribution in [0.25, 0.3) is 0 Å². The van der Waals surface area contributed by atoms with Crippen LogP contribution in [0.1, 0.15) is 30.3 Å². The van der Waals surface area contributed by atoms with Gasteiger partial charge in [-0.1, -0.05) is 24.3 Å². The number of aliphatic imine (C=N–C) groups is 1. The van der Waals surface area contributed by atoms with E-state index in [2.05, 4.69) is 26.6 Å². The lowest BCUT2D eigenvalue weighted by Crippen LogP contribution is -2.42. The van der Waals surface area contributed by atoms with Crippen molar-refractivity contribution < 1.29 is 9.84 Å². The Bertz CT molecular complexity index is 751. The summed E-state index contributed by atoms with van der Waals surface area (Å²) in [7, 11) is 5.78. The fourth-order valence-corrected chi connectivity index (χ4v) is 3.72. The maximum Gasteiger partial charge on any atom is 0.191 e. The molecule has 2 atom stereocenters. The van der Waals surface area contributed by atoms with Crippen LogP contribution in [0, 0.1) is 0 Å². The van der Waals surface area contributed by atoms with Gasteiger partial charge in [0.05, 0.1) is 19.7 Å². The van der Waals surface area contributed by atoms with Gasteiger partial charge < -0.3 is 25.4 Å². The van der Waals surface area contributed by atoms with Crippen LogP contribution in [-0.2, 0) is 5.60 Å². The second kappa shape index (κ2) is 12.4. The predicted octanol–water partition coefficient (Wildman–Crippen LogP) is 3.44. The van der Waals surface area contributed by atoms with E-state index in [-0.39, 0.29) is 36.6 Å². The molecule has 2 rings (SSSR count). The monoisotopic (exact) mass is 532 g/mol. The summed E-state index contributed by atoms with van der Waals surface area (Å²) in [6, 6.07) is 12.0. The number of aliphatic hydroxyl groups is 1. The van der Waals surface area contributed by atoms with E-state index in [1.54, 1.807) is 14.0 Å². The summed E-state index contributed by atoms with van der Waals surface area (Å²) in [4.78, 5) is 7.67. The first-order valence-corrected chi connectivity index (χ1v) is 10.3. The van der Waals surface area contributed by atoms with Gasteiger partial charge in [-0.15, -0.1) is 35.3 Å². The zero-order valence-electron chi connectivity index (χ0n) is 17.8. The van der Waals surface area contributed by atoms with E-state index in [4.69, 9.17) is 4.74 Å². The number of nitrogens with one attached hydrogen (secondary N) is 2. The number of likely N-dealkylation sites (N-methyl/N-ethyl adjacent to an activating group) is 1. The Morgan fingerprint density at radius 1 is 1.24 bits per heavy atom. The molecule has 0 fully saturated rings. The summed E-state index contributed by atoms with van der Waals surface area (Å²) in [5, 5.41) is 19.4. The fourth-order valence-electron chi connectivity index (χ4n) is 2.94. The molecule has 0 radical (unpaired) electrons. The molecule has 29 heavy (non-hydrogen) atoms. The van der Waals surface area contributed by atoms with Crippen LogP contribution in [0.5, 0.6) is 5.75 Å². The molecule has 8 heteroatoms. The highest BCUT2D eigenvalue weighted by Gasteiger charge is 2.24. The highest BCUT2D eigenvalue weighted by atomic mass is 127. The normalized spacial score (nSPS) is 14.7. The molecule has 0 saturated carbocycles. The Morgan fingerprint density at radius 2 is 1.97 bits per heavy atom. The summed E-state index contributed by atoms with van der Waals surface area (Å²) < 4.78 is 5.53. The lowest BCUT2D eigenvalue weighted by atomic mass is 10.0. The van der Waals surface area contributed by atoms with E-state index < -0.39 is 5.60 Å². The van der Waals surface area contributed by atoms with Crippen molar-refractivity contribution >= 4 is 41.3 Å². The smallest absolute Gasteiger partial charge is 0.191 e. The minimum atomic E-state index is -0.986. The standard InChI is InChI=1S/C21H32N4O2S.HI/c1-6-22-20(24-15-21(2,26)19-12-9-13-28-19)23-14-17(25(3)4)16-10-7-8-11-18(16)27-5;/h7-13,17,26H,6,14-15H2,1-5H3,(H2,22,23,24);1H. The van der Waals surface area contributed by atoms with Crippen molar-refractivity contribution in [2.75, 3.05) is 40.8 Å². The summed E-state index contributed by atoms with van der Waals surface area (Å²) >= 11 is 1.54. The third kappa shape index (κ3) is 7.44. The summed E-state index contributed by atoms with van der Waals surface area (Å²) in [5.41, 5.74) is 0.129. The van der Waals surface area contributed by atoms with Gasteiger partial charge in [0.25, 0.3) is 0 Å². The first-order chi connectivity index (χ1) is 13.4. The van der Waals surface area contributed by atoms with Gasteiger partial charge in [-0.25, -0.2) is 4.99 Å². The molecule has 0 aliphatic carbocycles. The van der Waals surface area contributed by atoms with E-state index in [1.807, 2.05) is 56.7 Å². The summed E-state index contributed by atoms with van der Waals surface area (Å²) in [5.74, 6) is 1.55. The maximum absolute atomic E-state index is 10.7. The zero-order valence-corrected chi connectivity index (χ0v) is 21.0. The Morgan fingerprint density at radius 3 is 2.55 bits per heavy atom. The topological polar surface area (TPSA) is 69.1 Å². The van der Waals surface area contributed by atoms with Crippen LogP contribution >= 0.6 is 35.3 Å². The highest BCUT2D eigenvalue weighted by Crippen LogP contribution is 2.27. The van der Waals surface area contributed by atoms with Crippen molar-refractivity contribution in [3.05, 3.63) is 52.2 Å². The Hall–Kier alpha value is -1.36. The second-order valence-corrected chi connectivity index (χ2v) is 8.00. The number of ether oxygens (including phenoxy) is 1. The molecule has 6 nitrogen and oxygen atoms in total. The number of guanidine groups is 1. The molecule has 0 aliphatic rings. The molecular weight excluding hydrogens is 499 g/mol. The molecule has 2 unspecified atom stereocenters. The van der Waals surface area contributed by atoms with Crippen molar-refractivity contribution in [1.82, 2.24) is 15.5 Å². The number of hydrogen-bond donors (Lipinski definition) is 3. The molecule has 0 bridgehead atoms. The molecular formula is C21H33IN4O2S. The second-order valence-electron chi connectivity index (χ2n) is 7.05. The number of nitrogens with zero attached hydrogens (tertiary/aromatic N) is 2. The van der Waals surface area contributed by atoms with Gasteiger partial charge in [-0.3, -0.25) is 0 Å². The largest absolute Gasteiger partial charge is 0.496 e. The molecule has 0 spiro atoms. The Balaban J connectivity index is 0.00000420. The molecule has 0 amide bonds. The number of thiophene rings is 1. The predicted molar refractivity (Wildman–Crippen MR) is 133 cm³/mol. The van der Waals surface area contributed by atoms with Gasteiger partial charge in [0.1, 0.15) is 11.4 Å². The average molecular weight is 532 g/mol. The molecule has 1 heterocycles. The van der Waals surface area contributed by atoms with Gasteiger partial charge >= 0.3 is 0 Å². The van der Waals surface area contributed by atoms with Crippen molar-refractivity contribution in [3.8, 4) is 5.75 Å². The van der Waals surface area contributed by atoms with Crippen LogP contribution in [-0.4, -0.2) is 56.8 Å². The van der Waals surface area contributed by atoms with Crippen LogP contribution in [0.4, 0.5) is 0 Å². The number of rotatable bonds is 9. The van der Waals surface area contributed by atoms with Gasteiger partial charge in [-0.05, 0) is 45.5 Å². The van der Waals surface area contributed by atoms with Crippen LogP contribution < -0.4 is 15.4 Å². The lowest BCUT2D eigenvalue weighted by molar-refractivity contribution is 0.0711. The molecule has 2 aromatic rings. The summed E-state index contributed by atoms with van der Waals surface area (Å²) in [6.07, 6.45) is 0. The Kier molecular flexibility index (Phi) is 10.9. The van der Waals surface area contributed by atoms with Crippen LogP contribution in [0.15, 0.2) is 46.8 Å². The van der Waals surface area contributed by atoms with Gasteiger partial charge in [0.15, 0.2) is 5.96 Å². The van der Waals surface area contributed by atoms with E-state index in [0.717, 1.165) is 22.7 Å². The molecule has 162 valence electrons. The first-order valence-electron chi connectivity index (χ1n) is 9.47. The van der Waals surface area contributed by atoms with E-state index in [1.165, 1.54) is 11.3 Å².